The predicted molar refractivity (Wildman–Crippen MR) is 88.2 cm³/mol. The quantitative estimate of drug-likeness (QED) is 0.838. The molecule has 0 bridgehead atoms. The second kappa shape index (κ2) is 6.28. The smallest absolute Gasteiger partial charge is 0.305 e. The van der Waals surface area contributed by atoms with E-state index in [1.807, 2.05) is 36.4 Å². The van der Waals surface area contributed by atoms with E-state index in [0.29, 0.717) is 12.8 Å². The van der Waals surface area contributed by atoms with Crippen LogP contribution in [-0.2, 0) is 16.0 Å². The van der Waals surface area contributed by atoms with Crippen LogP contribution in [0, 0.1) is 0 Å². The van der Waals surface area contributed by atoms with Gasteiger partial charge in [-0.3, -0.25) is 4.79 Å². The summed E-state index contributed by atoms with van der Waals surface area (Å²) in [5.74, 6) is -0.191. The first kappa shape index (κ1) is 14.7. The van der Waals surface area contributed by atoms with Gasteiger partial charge in [-0.2, -0.15) is 0 Å². The summed E-state index contributed by atoms with van der Waals surface area (Å²) in [7, 11) is 1.41. The number of nitrogens with one attached hydrogen (secondary N) is 2. The number of rotatable bonds is 4. The lowest BCUT2D eigenvalue weighted by Crippen LogP contribution is -2.11. The Bertz CT molecular complexity index is 703. The summed E-state index contributed by atoms with van der Waals surface area (Å²) in [5, 5.41) is 7.57. The fourth-order valence-corrected chi connectivity index (χ4v) is 2.74. The second-order valence-corrected chi connectivity index (χ2v) is 5.67. The highest BCUT2D eigenvalue weighted by Gasteiger charge is 2.21. The zero-order chi connectivity index (χ0) is 15.5. The van der Waals surface area contributed by atoms with Gasteiger partial charge in [0, 0.05) is 11.4 Å². The van der Waals surface area contributed by atoms with E-state index in [-0.39, 0.29) is 12.1 Å². The Morgan fingerprint density at radius 1 is 1.18 bits per heavy atom. The summed E-state index contributed by atoms with van der Waals surface area (Å²) >= 11 is 6.05. The van der Waals surface area contributed by atoms with E-state index in [0.717, 1.165) is 27.5 Å². The van der Waals surface area contributed by atoms with Crippen LogP contribution in [0.2, 0.25) is 5.02 Å². The minimum atomic E-state index is -0.191. The molecule has 0 aliphatic carbocycles. The van der Waals surface area contributed by atoms with Gasteiger partial charge in [0.25, 0.3) is 0 Å². The number of fused-ring (bicyclic) bond motifs is 1. The van der Waals surface area contributed by atoms with E-state index in [4.69, 9.17) is 11.6 Å². The van der Waals surface area contributed by atoms with E-state index in [1.165, 1.54) is 7.11 Å². The molecule has 0 saturated heterocycles. The number of ether oxygens (including phenoxy) is 1. The minimum Gasteiger partial charge on any atom is -0.469 e. The van der Waals surface area contributed by atoms with E-state index in [2.05, 4.69) is 21.4 Å². The van der Waals surface area contributed by atoms with Crippen LogP contribution in [0.5, 0.6) is 0 Å². The molecule has 0 unspecified atom stereocenters. The molecule has 0 aromatic heterocycles. The first-order valence-electron chi connectivity index (χ1n) is 7.14. The van der Waals surface area contributed by atoms with E-state index >= 15 is 0 Å². The average molecular weight is 317 g/mol. The number of hydrogen-bond acceptors (Lipinski definition) is 4. The number of carbonyl (C=O) groups is 1. The molecule has 2 aromatic rings. The summed E-state index contributed by atoms with van der Waals surface area (Å²) in [5.41, 5.74) is 4.27. The van der Waals surface area contributed by atoms with Gasteiger partial charge >= 0.3 is 5.97 Å². The van der Waals surface area contributed by atoms with E-state index in [1.54, 1.807) is 0 Å². The highest BCUT2D eigenvalue weighted by atomic mass is 35.5. The first-order chi connectivity index (χ1) is 10.7. The molecule has 22 heavy (non-hydrogen) atoms. The van der Waals surface area contributed by atoms with Crippen molar-refractivity contribution in [2.75, 3.05) is 17.7 Å². The topological polar surface area (TPSA) is 50.4 Å². The van der Waals surface area contributed by atoms with Crippen molar-refractivity contribution < 1.29 is 9.53 Å². The normalized spacial score (nSPS) is 15.6. The molecule has 1 aliphatic heterocycles. The summed E-state index contributed by atoms with van der Waals surface area (Å²) in [6, 6.07) is 13.9. The van der Waals surface area contributed by atoms with Gasteiger partial charge in [0.05, 0.1) is 18.5 Å². The van der Waals surface area contributed by atoms with Crippen LogP contribution in [0.15, 0.2) is 42.5 Å². The number of aryl methyl sites for hydroxylation is 1. The lowest BCUT2D eigenvalue weighted by Gasteiger charge is -2.12. The maximum absolute atomic E-state index is 11.2. The maximum atomic E-state index is 11.2. The van der Waals surface area contributed by atoms with Gasteiger partial charge in [-0.15, -0.1) is 0 Å². The average Bonchev–Trinajstić information content (AvgIpc) is 2.95. The minimum absolute atomic E-state index is 0.00422. The monoisotopic (exact) mass is 316 g/mol. The zero-order valence-electron chi connectivity index (χ0n) is 12.2. The Kier molecular flexibility index (Phi) is 4.20. The summed E-state index contributed by atoms with van der Waals surface area (Å²) in [4.78, 5) is 11.2. The van der Waals surface area contributed by atoms with Crippen LogP contribution in [0.4, 0.5) is 11.4 Å². The molecule has 0 spiro atoms. The lowest BCUT2D eigenvalue weighted by molar-refractivity contribution is -0.140. The molecule has 1 heterocycles. The summed E-state index contributed by atoms with van der Waals surface area (Å²) in [6.45, 7) is 0. The number of benzene rings is 2. The Morgan fingerprint density at radius 2 is 2.00 bits per heavy atom. The van der Waals surface area contributed by atoms with E-state index < -0.39 is 0 Å². The fraction of sp³-hybridized carbons (Fsp3) is 0.235. The molecule has 4 nitrogen and oxygen atoms in total. The molecule has 0 fully saturated rings. The molecule has 3 rings (SSSR count). The number of carbonyl (C=O) groups excluding carboxylic acids is 1. The van der Waals surface area contributed by atoms with Crippen molar-refractivity contribution in [1.82, 2.24) is 0 Å². The highest BCUT2D eigenvalue weighted by molar-refractivity contribution is 6.30. The van der Waals surface area contributed by atoms with Crippen LogP contribution < -0.4 is 10.6 Å². The Hall–Kier alpha value is -2.20. The van der Waals surface area contributed by atoms with Crippen molar-refractivity contribution in [3.8, 4) is 0 Å². The van der Waals surface area contributed by atoms with E-state index in [9.17, 15) is 4.79 Å². The number of hydrogen-bond donors (Lipinski definition) is 2. The van der Waals surface area contributed by atoms with Crippen molar-refractivity contribution >= 4 is 28.9 Å². The third-order valence-electron chi connectivity index (χ3n) is 3.71. The van der Waals surface area contributed by atoms with Gasteiger partial charge in [0.1, 0.15) is 6.17 Å². The van der Waals surface area contributed by atoms with Crippen LogP contribution in [0.1, 0.15) is 23.7 Å². The molecule has 0 amide bonds. The van der Waals surface area contributed by atoms with Crippen LogP contribution >= 0.6 is 11.6 Å². The number of esters is 1. The van der Waals surface area contributed by atoms with Gasteiger partial charge in [-0.05, 0) is 41.8 Å². The van der Waals surface area contributed by atoms with Gasteiger partial charge in [-0.1, -0.05) is 29.8 Å². The van der Waals surface area contributed by atoms with Crippen molar-refractivity contribution in [3.05, 3.63) is 58.6 Å². The third kappa shape index (κ3) is 3.17. The van der Waals surface area contributed by atoms with Crippen LogP contribution in [0.3, 0.4) is 0 Å². The van der Waals surface area contributed by atoms with Gasteiger partial charge < -0.3 is 15.4 Å². The fourth-order valence-electron chi connectivity index (χ4n) is 2.54. The SMILES string of the molecule is COC(=O)CCc1ccc2c(c1)N[C@H](c1cccc(Cl)c1)N2. The molecule has 114 valence electrons. The van der Waals surface area contributed by atoms with Crippen molar-refractivity contribution in [2.24, 2.45) is 0 Å². The van der Waals surface area contributed by atoms with Crippen molar-refractivity contribution in [3.63, 3.8) is 0 Å². The summed E-state index contributed by atoms with van der Waals surface area (Å²) < 4.78 is 4.67. The standard InChI is InChI=1S/C17H17ClN2O2/c1-22-16(21)8-6-11-5-7-14-15(9-11)20-17(19-14)12-3-2-4-13(18)10-12/h2-5,7,9-10,17,19-20H,6,8H2,1H3/t17-/m1/s1. The Labute approximate surface area is 134 Å². The third-order valence-corrected chi connectivity index (χ3v) is 3.95. The largest absolute Gasteiger partial charge is 0.469 e. The van der Waals surface area contributed by atoms with Gasteiger partial charge in [0.15, 0.2) is 0 Å². The summed E-state index contributed by atoms with van der Waals surface area (Å²) in [6.07, 6.45) is 1.06. The highest BCUT2D eigenvalue weighted by Crippen LogP contribution is 2.36. The molecular formula is C17H17ClN2O2. The van der Waals surface area contributed by atoms with Crippen molar-refractivity contribution in [1.29, 1.82) is 0 Å². The van der Waals surface area contributed by atoms with Gasteiger partial charge in [-0.25, -0.2) is 0 Å². The zero-order valence-corrected chi connectivity index (χ0v) is 13.0. The molecule has 5 heteroatoms. The van der Waals surface area contributed by atoms with Crippen molar-refractivity contribution in [2.45, 2.75) is 19.0 Å². The molecule has 0 radical (unpaired) electrons. The molecule has 0 saturated carbocycles. The van der Waals surface area contributed by atoms with Gasteiger partial charge in [0.2, 0.25) is 0 Å². The molecule has 2 N–H and O–H groups in total. The Morgan fingerprint density at radius 3 is 2.77 bits per heavy atom. The molecule has 1 aliphatic rings. The molecule has 2 aromatic carbocycles. The number of methoxy groups -OCH3 is 1. The number of anilines is 2. The van der Waals surface area contributed by atoms with Crippen LogP contribution in [-0.4, -0.2) is 13.1 Å². The predicted octanol–water partition coefficient (Wildman–Crippen LogP) is 3.98. The maximum Gasteiger partial charge on any atom is 0.305 e. The number of halogens is 1. The lowest BCUT2D eigenvalue weighted by atomic mass is 10.1. The Balaban J connectivity index is 1.72. The first-order valence-corrected chi connectivity index (χ1v) is 7.52. The van der Waals surface area contributed by atoms with Crippen LogP contribution in [0.25, 0.3) is 0 Å². The second-order valence-electron chi connectivity index (χ2n) is 5.23. The molecular weight excluding hydrogens is 300 g/mol. The molecule has 1 atom stereocenters.